The summed E-state index contributed by atoms with van der Waals surface area (Å²) in [5.74, 6) is -0.286. The van der Waals surface area contributed by atoms with Gasteiger partial charge in [0.25, 0.3) is 0 Å². The molecule has 0 atom stereocenters. The van der Waals surface area contributed by atoms with Crippen molar-refractivity contribution in [2.24, 2.45) is 0 Å². The minimum atomic E-state index is -0.476. The van der Waals surface area contributed by atoms with Gasteiger partial charge >= 0.3 is 6.09 Å². The van der Waals surface area contributed by atoms with Crippen LogP contribution in [0.1, 0.15) is 39.2 Å². The molecule has 1 amide bonds. The third kappa shape index (κ3) is 5.77. The molecule has 0 saturated carbocycles. The number of piperidine rings is 1. The zero-order valence-corrected chi connectivity index (χ0v) is 15.4. The van der Waals surface area contributed by atoms with E-state index in [-0.39, 0.29) is 18.0 Å². The number of ether oxygens (including phenoxy) is 2. The van der Waals surface area contributed by atoms with Gasteiger partial charge in [0.1, 0.15) is 11.4 Å². The van der Waals surface area contributed by atoms with Crippen molar-refractivity contribution in [3.8, 4) is 0 Å². The second-order valence-electron chi connectivity index (χ2n) is 6.73. The minimum Gasteiger partial charge on any atom is -0.444 e. The van der Waals surface area contributed by atoms with E-state index in [1.165, 1.54) is 6.07 Å². The Morgan fingerprint density at radius 2 is 2.00 bits per heavy atom. The molecule has 23 heavy (non-hydrogen) atoms. The average Bonchev–Trinajstić information content (AvgIpc) is 2.47. The summed E-state index contributed by atoms with van der Waals surface area (Å²) in [4.78, 5) is 13.7. The zero-order chi connectivity index (χ0) is 17.0. The fourth-order valence-corrected chi connectivity index (χ4v) is 2.62. The lowest BCUT2D eigenvalue weighted by molar-refractivity contribution is -0.0171. The predicted octanol–water partition coefficient (Wildman–Crippen LogP) is 4.50. The maximum Gasteiger partial charge on any atom is 0.410 e. The maximum absolute atomic E-state index is 13.5. The maximum atomic E-state index is 13.5. The standard InChI is InChI=1S/C17H23BrFNO3/c1-17(2,3)23-16(21)20-8-6-13(7-9-20)22-11-12-4-5-14(18)15(19)10-12/h4-5,10,13H,6-9,11H2,1-3H3. The predicted molar refractivity (Wildman–Crippen MR) is 89.7 cm³/mol. The average molecular weight is 388 g/mol. The highest BCUT2D eigenvalue weighted by Gasteiger charge is 2.27. The molecule has 2 rings (SSSR count). The van der Waals surface area contributed by atoms with E-state index in [9.17, 15) is 9.18 Å². The summed E-state index contributed by atoms with van der Waals surface area (Å²) in [6.45, 7) is 7.19. The summed E-state index contributed by atoms with van der Waals surface area (Å²) >= 11 is 3.13. The molecule has 0 unspecified atom stereocenters. The number of halogens is 2. The number of rotatable bonds is 3. The molecule has 1 fully saturated rings. The number of likely N-dealkylation sites (tertiary alicyclic amines) is 1. The van der Waals surface area contributed by atoms with Gasteiger partial charge in [-0.3, -0.25) is 0 Å². The summed E-state index contributed by atoms with van der Waals surface area (Å²) < 4.78 is 25.1. The topological polar surface area (TPSA) is 38.8 Å². The first-order valence-corrected chi connectivity index (χ1v) is 8.57. The Bertz CT molecular complexity index is 551. The molecule has 1 heterocycles. The molecule has 4 nitrogen and oxygen atoms in total. The second-order valence-corrected chi connectivity index (χ2v) is 7.58. The van der Waals surface area contributed by atoms with Crippen LogP contribution < -0.4 is 0 Å². The first-order valence-electron chi connectivity index (χ1n) is 7.78. The van der Waals surface area contributed by atoms with E-state index in [1.807, 2.05) is 26.8 Å². The number of nitrogens with zero attached hydrogens (tertiary/aromatic N) is 1. The van der Waals surface area contributed by atoms with Crippen molar-refractivity contribution in [3.05, 3.63) is 34.1 Å². The summed E-state index contributed by atoms with van der Waals surface area (Å²) in [6, 6.07) is 4.99. The van der Waals surface area contributed by atoms with Crippen molar-refractivity contribution in [2.75, 3.05) is 13.1 Å². The fourth-order valence-electron chi connectivity index (χ4n) is 2.38. The first kappa shape index (κ1) is 18.2. The summed E-state index contributed by atoms with van der Waals surface area (Å²) in [5.41, 5.74) is 0.330. The molecular weight excluding hydrogens is 365 g/mol. The van der Waals surface area contributed by atoms with Gasteiger partial charge in [0, 0.05) is 13.1 Å². The lowest BCUT2D eigenvalue weighted by atomic mass is 10.1. The van der Waals surface area contributed by atoms with Crippen LogP contribution in [0.3, 0.4) is 0 Å². The van der Waals surface area contributed by atoms with E-state index in [0.29, 0.717) is 24.2 Å². The first-order chi connectivity index (χ1) is 10.7. The highest BCUT2D eigenvalue weighted by molar-refractivity contribution is 9.10. The van der Waals surface area contributed by atoms with Gasteiger partial charge in [0.05, 0.1) is 17.2 Å². The van der Waals surface area contributed by atoms with Crippen molar-refractivity contribution in [1.29, 1.82) is 0 Å². The third-order valence-corrected chi connectivity index (χ3v) is 4.21. The monoisotopic (exact) mass is 387 g/mol. The number of amides is 1. The van der Waals surface area contributed by atoms with Crippen molar-refractivity contribution in [2.45, 2.75) is 51.9 Å². The van der Waals surface area contributed by atoms with Gasteiger partial charge in [-0.2, -0.15) is 0 Å². The minimum absolute atomic E-state index is 0.0837. The van der Waals surface area contributed by atoms with Crippen LogP contribution in [0.15, 0.2) is 22.7 Å². The Kier molecular flexibility index (Phi) is 6.03. The second kappa shape index (κ2) is 7.62. The van der Waals surface area contributed by atoms with Crippen LogP contribution >= 0.6 is 15.9 Å². The molecule has 1 aliphatic heterocycles. The van der Waals surface area contributed by atoms with Crippen molar-refractivity contribution >= 4 is 22.0 Å². The smallest absolute Gasteiger partial charge is 0.410 e. The Morgan fingerprint density at radius 1 is 1.35 bits per heavy atom. The van der Waals surface area contributed by atoms with Gasteiger partial charge in [-0.05, 0) is 67.2 Å². The number of carbonyl (C=O) groups excluding carboxylic acids is 1. The van der Waals surface area contributed by atoms with E-state index in [0.717, 1.165) is 18.4 Å². The van der Waals surface area contributed by atoms with Crippen LogP contribution in [0.5, 0.6) is 0 Å². The lowest BCUT2D eigenvalue weighted by Crippen LogP contribution is -2.43. The zero-order valence-electron chi connectivity index (χ0n) is 13.8. The lowest BCUT2D eigenvalue weighted by Gasteiger charge is -2.33. The van der Waals surface area contributed by atoms with E-state index in [1.54, 1.807) is 11.0 Å². The van der Waals surface area contributed by atoms with Gasteiger partial charge in [-0.25, -0.2) is 9.18 Å². The number of carbonyl (C=O) groups is 1. The summed E-state index contributed by atoms with van der Waals surface area (Å²) in [7, 11) is 0. The number of hydrogen-bond acceptors (Lipinski definition) is 3. The van der Waals surface area contributed by atoms with Gasteiger partial charge in [-0.15, -0.1) is 0 Å². The molecule has 0 N–H and O–H groups in total. The molecule has 6 heteroatoms. The largest absolute Gasteiger partial charge is 0.444 e. The van der Waals surface area contributed by atoms with E-state index < -0.39 is 5.60 Å². The van der Waals surface area contributed by atoms with Crippen LogP contribution in [0.2, 0.25) is 0 Å². The van der Waals surface area contributed by atoms with Crippen molar-refractivity contribution < 1.29 is 18.7 Å². The Morgan fingerprint density at radius 3 is 2.57 bits per heavy atom. The van der Waals surface area contributed by atoms with Gasteiger partial charge in [-0.1, -0.05) is 6.07 Å². The fraction of sp³-hybridized carbons (Fsp3) is 0.588. The Labute approximate surface area is 145 Å². The van der Waals surface area contributed by atoms with Crippen molar-refractivity contribution in [3.63, 3.8) is 0 Å². The van der Waals surface area contributed by atoms with E-state index >= 15 is 0 Å². The summed E-state index contributed by atoms with van der Waals surface area (Å²) in [6.07, 6.45) is 1.34. The quantitative estimate of drug-likeness (QED) is 0.765. The molecule has 1 aliphatic rings. The normalized spacial score (nSPS) is 16.5. The molecule has 128 valence electrons. The SMILES string of the molecule is CC(C)(C)OC(=O)N1CCC(OCc2ccc(Br)c(F)c2)CC1. The molecule has 0 spiro atoms. The number of hydrogen-bond donors (Lipinski definition) is 0. The van der Waals surface area contributed by atoms with Crippen molar-refractivity contribution in [1.82, 2.24) is 4.90 Å². The molecule has 0 aromatic heterocycles. The molecule has 1 aromatic rings. The van der Waals surface area contributed by atoms with Crippen LogP contribution in [0.25, 0.3) is 0 Å². The molecule has 0 aliphatic carbocycles. The third-order valence-electron chi connectivity index (χ3n) is 3.56. The summed E-state index contributed by atoms with van der Waals surface area (Å²) in [5, 5.41) is 0. The Balaban J connectivity index is 1.76. The highest BCUT2D eigenvalue weighted by atomic mass is 79.9. The van der Waals surface area contributed by atoms with E-state index in [2.05, 4.69) is 15.9 Å². The van der Waals surface area contributed by atoms with Crippen LogP contribution in [0, 0.1) is 5.82 Å². The molecule has 0 bridgehead atoms. The highest BCUT2D eigenvalue weighted by Crippen LogP contribution is 2.20. The molecular formula is C17H23BrFNO3. The Hall–Kier alpha value is -1.14. The molecule has 1 saturated heterocycles. The molecule has 0 radical (unpaired) electrons. The number of benzene rings is 1. The van der Waals surface area contributed by atoms with Crippen LogP contribution in [0.4, 0.5) is 9.18 Å². The van der Waals surface area contributed by atoms with Gasteiger partial charge in [0.15, 0.2) is 0 Å². The molecule has 1 aromatic carbocycles. The van der Waals surface area contributed by atoms with Crippen LogP contribution in [-0.2, 0) is 16.1 Å². The van der Waals surface area contributed by atoms with Gasteiger partial charge in [0.2, 0.25) is 0 Å². The van der Waals surface area contributed by atoms with Gasteiger partial charge < -0.3 is 14.4 Å². The van der Waals surface area contributed by atoms with Crippen LogP contribution in [-0.4, -0.2) is 35.8 Å². The van der Waals surface area contributed by atoms with E-state index in [4.69, 9.17) is 9.47 Å².